The molecule has 1 saturated carbocycles. The largest absolute Gasteiger partial charge is 0.348 e. The summed E-state index contributed by atoms with van der Waals surface area (Å²) in [6.07, 6.45) is 5.19. The van der Waals surface area contributed by atoms with Crippen molar-refractivity contribution >= 4 is 11.8 Å². The van der Waals surface area contributed by atoms with Crippen LogP contribution in [0.4, 0.5) is 0 Å². The van der Waals surface area contributed by atoms with Gasteiger partial charge < -0.3 is 10.6 Å². The van der Waals surface area contributed by atoms with E-state index < -0.39 is 11.8 Å². The van der Waals surface area contributed by atoms with E-state index in [9.17, 15) is 9.59 Å². The zero-order valence-corrected chi connectivity index (χ0v) is 12.6. The van der Waals surface area contributed by atoms with Crippen LogP contribution < -0.4 is 10.6 Å². The molecule has 1 aliphatic rings. The Morgan fingerprint density at radius 2 is 1.81 bits per heavy atom. The van der Waals surface area contributed by atoms with Gasteiger partial charge >= 0.3 is 11.8 Å². The van der Waals surface area contributed by atoms with Crippen LogP contribution in [0, 0.1) is 5.92 Å². The van der Waals surface area contributed by atoms with Crippen LogP contribution in [0.5, 0.6) is 0 Å². The minimum absolute atomic E-state index is 0.145. The molecule has 1 aromatic rings. The second kappa shape index (κ2) is 7.81. The van der Waals surface area contributed by atoms with Crippen LogP contribution in [0.3, 0.4) is 0 Å². The van der Waals surface area contributed by atoms with Crippen LogP contribution in [0.25, 0.3) is 0 Å². The lowest BCUT2D eigenvalue weighted by Crippen LogP contribution is -2.48. The molecule has 0 heterocycles. The summed E-state index contributed by atoms with van der Waals surface area (Å²) >= 11 is 0. The molecule has 0 unspecified atom stereocenters. The van der Waals surface area contributed by atoms with Crippen molar-refractivity contribution in [2.45, 2.75) is 45.1 Å². The molecule has 114 valence electrons. The lowest BCUT2D eigenvalue weighted by atomic mass is 9.86. The summed E-state index contributed by atoms with van der Waals surface area (Å²) < 4.78 is 0. The van der Waals surface area contributed by atoms with Crippen LogP contribution >= 0.6 is 0 Å². The van der Waals surface area contributed by atoms with Crippen molar-refractivity contribution in [1.29, 1.82) is 0 Å². The summed E-state index contributed by atoms with van der Waals surface area (Å²) in [5.41, 5.74) is 1.15. The second-order valence-electron chi connectivity index (χ2n) is 5.83. The van der Waals surface area contributed by atoms with E-state index in [1.165, 1.54) is 6.42 Å². The van der Waals surface area contributed by atoms with E-state index in [0.717, 1.165) is 31.2 Å². The van der Waals surface area contributed by atoms with Gasteiger partial charge in [0.15, 0.2) is 0 Å². The predicted octanol–water partition coefficient (Wildman–Crippen LogP) is 2.04. The Kier molecular flexibility index (Phi) is 5.78. The molecule has 0 bridgehead atoms. The van der Waals surface area contributed by atoms with Crippen molar-refractivity contribution in [2.24, 2.45) is 5.92 Å². The fourth-order valence-corrected chi connectivity index (χ4v) is 2.81. The third-order valence-electron chi connectivity index (χ3n) is 4.18. The van der Waals surface area contributed by atoms with Crippen LogP contribution in [0.2, 0.25) is 0 Å². The maximum atomic E-state index is 11.9. The Hall–Kier alpha value is -1.84. The van der Waals surface area contributed by atoms with Crippen LogP contribution in [0.15, 0.2) is 30.3 Å². The summed E-state index contributed by atoms with van der Waals surface area (Å²) in [6, 6.07) is 10.1. The molecule has 0 saturated heterocycles. The Labute approximate surface area is 126 Å². The molecule has 2 amide bonds. The number of nitrogens with one attached hydrogen (secondary N) is 2. The quantitative estimate of drug-likeness (QED) is 0.833. The van der Waals surface area contributed by atoms with Crippen molar-refractivity contribution in [2.75, 3.05) is 6.54 Å². The van der Waals surface area contributed by atoms with Gasteiger partial charge in [-0.1, -0.05) is 50.1 Å². The van der Waals surface area contributed by atoms with Crippen molar-refractivity contribution < 1.29 is 9.59 Å². The first-order valence-corrected chi connectivity index (χ1v) is 7.79. The van der Waals surface area contributed by atoms with Crippen LogP contribution in [-0.2, 0) is 16.0 Å². The maximum Gasteiger partial charge on any atom is 0.309 e. The highest BCUT2D eigenvalue weighted by atomic mass is 16.2. The lowest BCUT2D eigenvalue weighted by Gasteiger charge is -2.29. The molecule has 2 N–H and O–H groups in total. The van der Waals surface area contributed by atoms with E-state index >= 15 is 0 Å². The fraction of sp³-hybridized carbons (Fsp3) is 0.529. The molecule has 1 fully saturated rings. The molecule has 4 heteroatoms. The number of rotatable bonds is 4. The molecule has 0 aliphatic heterocycles. The number of carbonyl (C=O) groups excluding carboxylic acids is 2. The van der Waals surface area contributed by atoms with Gasteiger partial charge in [-0.2, -0.15) is 0 Å². The third kappa shape index (κ3) is 4.88. The lowest BCUT2D eigenvalue weighted by molar-refractivity contribution is -0.139. The predicted molar refractivity (Wildman–Crippen MR) is 82.7 cm³/mol. The van der Waals surface area contributed by atoms with Gasteiger partial charge in [-0.05, 0) is 30.7 Å². The number of benzene rings is 1. The zero-order valence-electron chi connectivity index (χ0n) is 12.6. The highest BCUT2D eigenvalue weighted by Gasteiger charge is 2.25. The van der Waals surface area contributed by atoms with E-state index in [1.54, 1.807) is 0 Å². The molecular weight excluding hydrogens is 264 g/mol. The van der Waals surface area contributed by atoms with Gasteiger partial charge in [0.2, 0.25) is 0 Å². The standard InChI is InChI=1S/C17H24N2O2/c1-13-7-5-6-10-15(13)19-17(21)16(20)18-12-11-14-8-3-2-4-9-14/h2-4,8-9,13,15H,5-7,10-12H2,1H3,(H,18,20)(H,19,21)/t13-,15-/m0/s1. The number of hydrogen-bond donors (Lipinski definition) is 2. The van der Waals surface area contributed by atoms with Gasteiger partial charge in [-0.15, -0.1) is 0 Å². The molecule has 0 radical (unpaired) electrons. The zero-order chi connectivity index (χ0) is 15.1. The SMILES string of the molecule is C[C@H]1CCCC[C@@H]1NC(=O)C(=O)NCCc1ccccc1. The number of hydrogen-bond acceptors (Lipinski definition) is 2. The Bertz CT molecular complexity index is 473. The first kappa shape index (κ1) is 15.5. The Morgan fingerprint density at radius 1 is 1.10 bits per heavy atom. The van der Waals surface area contributed by atoms with Gasteiger partial charge in [0.1, 0.15) is 0 Å². The molecular formula is C17H24N2O2. The van der Waals surface area contributed by atoms with E-state index in [-0.39, 0.29) is 6.04 Å². The van der Waals surface area contributed by atoms with Crippen LogP contribution in [0.1, 0.15) is 38.2 Å². The van der Waals surface area contributed by atoms with Gasteiger partial charge in [0.05, 0.1) is 0 Å². The minimum Gasteiger partial charge on any atom is -0.348 e. The summed E-state index contributed by atoms with van der Waals surface area (Å²) in [7, 11) is 0. The number of amides is 2. The van der Waals surface area contributed by atoms with E-state index in [2.05, 4.69) is 17.6 Å². The highest BCUT2D eigenvalue weighted by molar-refractivity contribution is 6.35. The van der Waals surface area contributed by atoms with Gasteiger partial charge in [-0.3, -0.25) is 9.59 Å². The Balaban J connectivity index is 1.71. The van der Waals surface area contributed by atoms with Gasteiger partial charge in [0.25, 0.3) is 0 Å². The molecule has 2 rings (SSSR count). The molecule has 4 nitrogen and oxygen atoms in total. The summed E-state index contributed by atoms with van der Waals surface area (Å²) in [5, 5.41) is 5.55. The molecule has 21 heavy (non-hydrogen) atoms. The molecule has 1 aromatic carbocycles. The van der Waals surface area contributed by atoms with E-state index in [0.29, 0.717) is 12.5 Å². The molecule has 1 aliphatic carbocycles. The monoisotopic (exact) mass is 288 g/mol. The third-order valence-corrected chi connectivity index (χ3v) is 4.18. The average Bonchev–Trinajstić information content (AvgIpc) is 2.50. The van der Waals surface area contributed by atoms with Crippen molar-refractivity contribution in [1.82, 2.24) is 10.6 Å². The van der Waals surface area contributed by atoms with Crippen LogP contribution in [-0.4, -0.2) is 24.4 Å². The van der Waals surface area contributed by atoms with Gasteiger partial charge in [-0.25, -0.2) is 0 Å². The maximum absolute atomic E-state index is 11.9. The molecule has 2 atom stereocenters. The molecule has 0 spiro atoms. The minimum atomic E-state index is -0.524. The normalized spacial score (nSPS) is 21.6. The van der Waals surface area contributed by atoms with Crippen molar-refractivity contribution in [3.05, 3.63) is 35.9 Å². The summed E-state index contributed by atoms with van der Waals surface area (Å²) in [6.45, 7) is 2.62. The summed E-state index contributed by atoms with van der Waals surface area (Å²) in [5.74, 6) is -0.565. The fourth-order valence-electron chi connectivity index (χ4n) is 2.81. The first-order valence-electron chi connectivity index (χ1n) is 7.79. The second-order valence-corrected chi connectivity index (χ2v) is 5.83. The smallest absolute Gasteiger partial charge is 0.309 e. The average molecular weight is 288 g/mol. The van der Waals surface area contributed by atoms with E-state index in [1.807, 2.05) is 30.3 Å². The number of carbonyl (C=O) groups is 2. The summed E-state index contributed by atoms with van der Waals surface area (Å²) in [4.78, 5) is 23.7. The van der Waals surface area contributed by atoms with Gasteiger partial charge in [0, 0.05) is 12.6 Å². The van der Waals surface area contributed by atoms with E-state index in [4.69, 9.17) is 0 Å². The van der Waals surface area contributed by atoms with Crippen molar-refractivity contribution in [3.8, 4) is 0 Å². The first-order chi connectivity index (χ1) is 10.2. The molecule has 0 aromatic heterocycles. The Morgan fingerprint density at radius 3 is 2.52 bits per heavy atom. The topological polar surface area (TPSA) is 58.2 Å². The van der Waals surface area contributed by atoms with Crippen molar-refractivity contribution in [3.63, 3.8) is 0 Å². The highest BCUT2D eigenvalue weighted by Crippen LogP contribution is 2.23.